The number of hydrogen-bond donors (Lipinski definition) is 1. The number of ether oxygens (including phenoxy) is 1. The predicted molar refractivity (Wildman–Crippen MR) is 83.3 cm³/mol. The monoisotopic (exact) mass is 264 g/mol. The van der Waals surface area contributed by atoms with Crippen LogP contribution in [-0.4, -0.2) is 33.3 Å². The highest BCUT2D eigenvalue weighted by Gasteiger charge is 2.04. The molecule has 0 bridgehead atoms. The molecular weight excluding hydrogens is 236 g/mol. The van der Waals surface area contributed by atoms with E-state index in [0.717, 1.165) is 18.8 Å². The van der Waals surface area contributed by atoms with E-state index in [0.29, 0.717) is 6.04 Å². The minimum Gasteiger partial charge on any atom is -0.497 e. The summed E-state index contributed by atoms with van der Waals surface area (Å²) in [6.07, 6.45) is 3.62. The Labute approximate surface area is 118 Å². The van der Waals surface area contributed by atoms with Crippen LogP contribution < -0.4 is 15.0 Å². The molecule has 3 heteroatoms. The van der Waals surface area contributed by atoms with Crippen molar-refractivity contribution in [2.45, 2.75) is 39.2 Å². The fraction of sp³-hybridized carbons (Fsp3) is 0.625. The summed E-state index contributed by atoms with van der Waals surface area (Å²) in [4.78, 5) is 2.29. The maximum absolute atomic E-state index is 5.26. The molecule has 1 aromatic carbocycles. The first-order valence-corrected chi connectivity index (χ1v) is 7.26. The average Bonchev–Trinajstić information content (AvgIpc) is 2.45. The molecule has 0 aromatic heterocycles. The largest absolute Gasteiger partial charge is 0.497 e. The lowest BCUT2D eigenvalue weighted by molar-refractivity contribution is 0.415. The van der Waals surface area contributed by atoms with E-state index in [-0.39, 0.29) is 0 Å². The van der Waals surface area contributed by atoms with Crippen molar-refractivity contribution < 1.29 is 4.74 Å². The Morgan fingerprint density at radius 2 is 2.16 bits per heavy atom. The lowest BCUT2D eigenvalue weighted by atomic mass is 10.1. The highest BCUT2D eigenvalue weighted by Crippen LogP contribution is 2.20. The lowest BCUT2D eigenvalue weighted by Gasteiger charge is -2.21. The van der Waals surface area contributed by atoms with Crippen molar-refractivity contribution in [3.05, 3.63) is 24.3 Å². The zero-order valence-electron chi connectivity index (χ0n) is 12.8. The summed E-state index contributed by atoms with van der Waals surface area (Å²) in [6, 6.07) is 8.84. The van der Waals surface area contributed by atoms with Crippen molar-refractivity contribution in [2.75, 3.05) is 32.1 Å². The van der Waals surface area contributed by atoms with Crippen LogP contribution in [0.2, 0.25) is 0 Å². The van der Waals surface area contributed by atoms with E-state index < -0.39 is 0 Å². The molecule has 0 spiro atoms. The number of anilines is 1. The van der Waals surface area contributed by atoms with Crippen LogP contribution in [0.15, 0.2) is 24.3 Å². The lowest BCUT2D eigenvalue weighted by Crippen LogP contribution is -2.28. The molecule has 0 aliphatic carbocycles. The molecular formula is C16H28N2O. The second kappa shape index (κ2) is 8.81. The minimum absolute atomic E-state index is 0.610. The summed E-state index contributed by atoms with van der Waals surface area (Å²) in [5.74, 6) is 0.919. The molecule has 0 saturated carbocycles. The molecule has 1 N–H and O–H groups in total. The molecule has 0 aliphatic rings. The molecule has 3 nitrogen and oxygen atoms in total. The Morgan fingerprint density at radius 1 is 1.37 bits per heavy atom. The van der Waals surface area contributed by atoms with E-state index in [9.17, 15) is 0 Å². The number of methoxy groups -OCH3 is 1. The topological polar surface area (TPSA) is 24.5 Å². The summed E-state index contributed by atoms with van der Waals surface area (Å²) in [5.41, 5.74) is 1.22. The minimum atomic E-state index is 0.610. The maximum atomic E-state index is 5.26. The number of nitrogens with zero attached hydrogens (tertiary/aromatic N) is 1. The Morgan fingerprint density at radius 3 is 2.84 bits per heavy atom. The van der Waals surface area contributed by atoms with Gasteiger partial charge in [-0.05, 0) is 44.9 Å². The van der Waals surface area contributed by atoms with Gasteiger partial charge in [0.2, 0.25) is 0 Å². The highest BCUT2D eigenvalue weighted by atomic mass is 16.5. The molecule has 0 amide bonds. The van der Waals surface area contributed by atoms with Crippen molar-refractivity contribution in [1.29, 1.82) is 0 Å². The molecule has 1 atom stereocenters. The zero-order chi connectivity index (χ0) is 14.1. The van der Waals surface area contributed by atoms with Crippen LogP contribution in [0.3, 0.4) is 0 Å². The van der Waals surface area contributed by atoms with Gasteiger partial charge in [0.1, 0.15) is 5.75 Å². The van der Waals surface area contributed by atoms with Gasteiger partial charge in [0.25, 0.3) is 0 Å². The molecule has 0 aliphatic heterocycles. The third-order valence-corrected chi connectivity index (χ3v) is 3.37. The first kappa shape index (κ1) is 15.8. The van der Waals surface area contributed by atoms with Gasteiger partial charge in [0.15, 0.2) is 0 Å². The van der Waals surface area contributed by atoms with Gasteiger partial charge in [-0.25, -0.2) is 0 Å². The molecule has 19 heavy (non-hydrogen) atoms. The SMILES string of the molecule is CCCNC(C)CCCN(C)c1cccc(OC)c1. The van der Waals surface area contributed by atoms with Crippen LogP contribution in [-0.2, 0) is 0 Å². The van der Waals surface area contributed by atoms with Crippen LogP contribution in [0, 0.1) is 0 Å². The van der Waals surface area contributed by atoms with Crippen molar-refractivity contribution >= 4 is 5.69 Å². The van der Waals surface area contributed by atoms with Gasteiger partial charge in [-0.15, -0.1) is 0 Å². The third-order valence-electron chi connectivity index (χ3n) is 3.37. The normalized spacial score (nSPS) is 12.2. The Kier molecular flexibility index (Phi) is 7.34. The third kappa shape index (κ3) is 5.97. The van der Waals surface area contributed by atoms with Crippen LogP contribution in [0.4, 0.5) is 5.69 Å². The first-order valence-electron chi connectivity index (χ1n) is 7.26. The second-order valence-electron chi connectivity index (χ2n) is 5.12. The molecule has 108 valence electrons. The van der Waals surface area contributed by atoms with E-state index in [1.165, 1.54) is 24.9 Å². The van der Waals surface area contributed by atoms with Gasteiger partial charge in [0, 0.05) is 31.4 Å². The van der Waals surface area contributed by atoms with E-state index >= 15 is 0 Å². The van der Waals surface area contributed by atoms with Gasteiger partial charge < -0.3 is 15.0 Å². The van der Waals surface area contributed by atoms with Crippen LogP contribution in [0.25, 0.3) is 0 Å². The summed E-state index contributed by atoms with van der Waals surface area (Å²) in [7, 11) is 3.85. The molecule has 0 fully saturated rings. The number of nitrogens with one attached hydrogen (secondary N) is 1. The number of rotatable bonds is 9. The summed E-state index contributed by atoms with van der Waals surface area (Å²) >= 11 is 0. The molecule has 1 unspecified atom stereocenters. The predicted octanol–water partition coefficient (Wildman–Crippen LogP) is 3.30. The summed E-state index contributed by atoms with van der Waals surface area (Å²) in [6.45, 7) is 6.66. The van der Waals surface area contributed by atoms with Gasteiger partial charge in [-0.1, -0.05) is 13.0 Å². The highest BCUT2D eigenvalue weighted by molar-refractivity contribution is 5.49. The van der Waals surface area contributed by atoms with Crippen LogP contribution >= 0.6 is 0 Å². The Bertz CT molecular complexity index is 354. The summed E-state index contributed by atoms with van der Waals surface area (Å²) < 4.78 is 5.26. The number of hydrogen-bond acceptors (Lipinski definition) is 3. The molecule has 1 aromatic rings. The van der Waals surface area contributed by atoms with E-state index in [1.807, 2.05) is 12.1 Å². The van der Waals surface area contributed by atoms with Crippen molar-refractivity contribution in [2.24, 2.45) is 0 Å². The quantitative estimate of drug-likeness (QED) is 0.740. The molecule has 0 saturated heterocycles. The second-order valence-corrected chi connectivity index (χ2v) is 5.12. The van der Waals surface area contributed by atoms with Crippen molar-refractivity contribution in [3.63, 3.8) is 0 Å². The summed E-state index contributed by atoms with van der Waals surface area (Å²) in [5, 5.41) is 3.53. The maximum Gasteiger partial charge on any atom is 0.120 e. The van der Waals surface area contributed by atoms with Crippen LogP contribution in [0.1, 0.15) is 33.1 Å². The van der Waals surface area contributed by atoms with Gasteiger partial charge in [0.05, 0.1) is 7.11 Å². The zero-order valence-corrected chi connectivity index (χ0v) is 12.8. The van der Waals surface area contributed by atoms with Crippen LogP contribution in [0.5, 0.6) is 5.75 Å². The van der Waals surface area contributed by atoms with Crippen molar-refractivity contribution in [1.82, 2.24) is 5.32 Å². The Hall–Kier alpha value is -1.22. The smallest absolute Gasteiger partial charge is 0.120 e. The molecule has 0 heterocycles. The van der Waals surface area contributed by atoms with Gasteiger partial charge in [-0.2, -0.15) is 0 Å². The fourth-order valence-electron chi connectivity index (χ4n) is 2.10. The standard InChI is InChI=1S/C16H28N2O/c1-5-11-17-14(2)8-7-12-18(3)15-9-6-10-16(13-15)19-4/h6,9-10,13-14,17H,5,7-8,11-12H2,1-4H3. The van der Waals surface area contributed by atoms with Gasteiger partial charge >= 0.3 is 0 Å². The van der Waals surface area contributed by atoms with E-state index in [1.54, 1.807) is 7.11 Å². The number of benzene rings is 1. The first-order chi connectivity index (χ1) is 9.17. The average molecular weight is 264 g/mol. The van der Waals surface area contributed by atoms with Gasteiger partial charge in [-0.3, -0.25) is 0 Å². The van der Waals surface area contributed by atoms with E-state index in [2.05, 4.69) is 43.2 Å². The Balaban J connectivity index is 2.32. The van der Waals surface area contributed by atoms with E-state index in [4.69, 9.17) is 4.74 Å². The molecule has 0 radical (unpaired) electrons. The fourth-order valence-corrected chi connectivity index (χ4v) is 2.10. The van der Waals surface area contributed by atoms with Crippen molar-refractivity contribution in [3.8, 4) is 5.75 Å². The molecule has 1 rings (SSSR count).